The average Bonchev–Trinajstić information content (AvgIpc) is 2.55. The summed E-state index contributed by atoms with van der Waals surface area (Å²) in [5.74, 6) is 0.0274. The van der Waals surface area contributed by atoms with Crippen molar-refractivity contribution in [3.8, 4) is 0 Å². The van der Waals surface area contributed by atoms with Crippen LogP contribution in [0.3, 0.4) is 0 Å². The molecule has 0 aromatic carbocycles. The topological polar surface area (TPSA) is 43.4 Å². The van der Waals surface area contributed by atoms with Gasteiger partial charge in [0, 0.05) is 19.8 Å². The molecule has 0 heterocycles. The predicted molar refractivity (Wildman–Crippen MR) is 101 cm³/mol. The zero-order valence-electron chi connectivity index (χ0n) is 15.6. The van der Waals surface area contributed by atoms with Crippen LogP contribution in [0.25, 0.3) is 0 Å². The maximum absolute atomic E-state index is 11.6. The van der Waals surface area contributed by atoms with Gasteiger partial charge in [0.05, 0.1) is 6.61 Å². The molecule has 0 atom stereocenters. The van der Waals surface area contributed by atoms with Gasteiger partial charge in [0.15, 0.2) is 0 Å². The van der Waals surface area contributed by atoms with Gasteiger partial charge in [-0.15, -0.1) is 0 Å². The summed E-state index contributed by atoms with van der Waals surface area (Å²) >= 11 is 0. The fourth-order valence-corrected chi connectivity index (χ4v) is 2.62. The number of carbonyl (C=O) groups excluding carboxylic acids is 2. The van der Waals surface area contributed by atoms with Gasteiger partial charge in [0.2, 0.25) is 0 Å². The van der Waals surface area contributed by atoms with Crippen molar-refractivity contribution in [2.24, 2.45) is 0 Å². The van der Waals surface area contributed by atoms with Crippen molar-refractivity contribution in [2.45, 2.75) is 90.4 Å². The monoisotopic (exact) mass is 336 g/mol. The van der Waals surface area contributed by atoms with Gasteiger partial charge in [-0.25, -0.2) is 0 Å². The fraction of sp³-hybridized carbons (Fsp3) is 0.714. The van der Waals surface area contributed by atoms with E-state index in [0.717, 1.165) is 12.8 Å². The number of rotatable bonds is 17. The number of carbonyl (C=O) groups is 2. The van der Waals surface area contributed by atoms with Crippen molar-refractivity contribution in [3.63, 3.8) is 0 Å². The quantitative estimate of drug-likeness (QED) is 0.188. The molecule has 0 amide bonds. The maximum Gasteiger partial charge on any atom is 0.302 e. The summed E-state index contributed by atoms with van der Waals surface area (Å²) in [6.07, 6.45) is 20.3. The molecule has 0 fully saturated rings. The van der Waals surface area contributed by atoms with Gasteiger partial charge in [-0.05, 0) is 25.7 Å². The minimum absolute atomic E-state index is 0.271. The molecule has 0 bridgehead atoms. The third-order valence-electron chi connectivity index (χ3n) is 4.00. The van der Waals surface area contributed by atoms with E-state index in [-0.39, 0.29) is 5.97 Å². The molecule has 0 aliphatic heterocycles. The van der Waals surface area contributed by atoms with Crippen molar-refractivity contribution >= 4 is 11.8 Å². The number of hydrogen-bond donors (Lipinski definition) is 0. The Morgan fingerprint density at radius 1 is 0.833 bits per heavy atom. The second kappa shape index (κ2) is 18.0. The number of ether oxygens (including phenoxy) is 1. The summed E-state index contributed by atoms with van der Waals surface area (Å²) in [6, 6.07) is 0. The molecule has 0 radical (unpaired) electrons. The van der Waals surface area contributed by atoms with Crippen LogP contribution in [-0.4, -0.2) is 18.4 Å². The summed E-state index contributed by atoms with van der Waals surface area (Å²) in [7, 11) is 0. The SMILES string of the molecule is C=C/C=C/CCCCCCCCCCCC(=O)CCCOC(C)=O. The summed E-state index contributed by atoms with van der Waals surface area (Å²) in [5, 5.41) is 0. The highest BCUT2D eigenvalue weighted by Crippen LogP contribution is 2.12. The lowest BCUT2D eigenvalue weighted by Crippen LogP contribution is -2.04. The first kappa shape index (κ1) is 22.6. The van der Waals surface area contributed by atoms with Gasteiger partial charge in [-0.1, -0.05) is 69.8 Å². The lowest BCUT2D eigenvalue weighted by molar-refractivity contribution is -0.141. The normalized spacial score (nSPS) is 10.9. The van der Waals surface area contributed by atoms with Crippen LogP contribution in [-0.2, 0) is 14.3 Å². The second-order valence-corrected chi connectivity index (χ2v) is 6.37. The molecular formula is C21H36O3. The van der Waals surface area contributed by atoms with E-state index in [1.807, 2.05) is 12.2 Å². The van der Waals surface area contributed by atoms with E-state index in [9.17, 15) is 9.59 Å². The van der Waals surface area contributed by atoms with Crippen molar-refractivity contribution in [1.82, 2.24) is 0 Å². The van der Waals surface area contributed by atoms with Crippen molar-refractivity contribution in [2.75, 3.05) is 6.61 Å². The fourth-order valence-electron chi connectivity index (χ4n) is 2.62. The van der Waals surface area contributed by atoms with E-state index < -0.39 is 0 Å². The van der Waals surface area contributed by atoms with E-state index in [4.69, 9.17) is 4.74 Å². The first-order chi connectivity index (χ1) is 11.7. The highest BCUT2D eigenvalue weighted by Gasteiger charge is 2.02. The minimum Gasteiger partial charge on any atom is -0.466 e. The Bertz CT molecular complexity index is 358. The Morgan fingerprint density at radius 3 is 1.96 bits per heavy atom. The third kappa shape index (κ3) is 18.7. The van der Waals surface area contributed by atoms with Crippen LogP contribution in [0.15, 0.2) is 24.8 Å². The molecule has 3 nitrogen and oxygen atoms in total. The van der Waals surface area contributed by atoms with Crippen molar-refractivity contribution in [1.29, 1.82) is 0 Å². The lowest BCUT2D eigenvalue weighted by Gasteiger charge is -2.03. The van der Waals surface area contributed by atoms with Crippen molar-refractivity contribution in [3.05, 3.63) is 24.8 Å². The van der Waals surface area contributed by atoms with Gasteiger partial charge >= 0.3 is 5.97 Å². The molecule has 0 aromatic heterocycles. The van der Waals surface area contributed by atoms with E-state index in [1.54, 1.807) is 0 Å². The standard InChI is InChI=1S/C21H36O3/c1-3-4-5-6-7-8-9-10-11-12-13-14-15-17-21(23)18-16-19-24-20(2)22/h3-5H,1,6-19H2,2H3/b5-4+. The maximum atomic E-state index is 11.6. The van der Waals surface area contributed by atoms with E-state index in [0.29, 0.717) is 31.7 Å². The van der Waals surface area contributed by atoms with E-state index in [1.165, 1.54) is 58.3 Å². The van der Waals surface area contributed by atoms with Crippen LogP contribution in [0, 0.1) is 0 Å². The zero-order valence-corrected chi connectivity index (χ0v) is 15.6. The Balaban J connectivity index is 3.19. The molecule has 138 valence electrons. The molecule has 0 saturated carbocycles. The van der Waals surface area contributed by atoms with Crippen LogP contribution >= 0.6 is 0 Å². The number of unbranched alkanes of at least 4 members (excludes halogenated alkanes) is 9. The Kier molecular flexibility index (Phi) is 16.9. The van der Waals surface area contributed by atoms with Gasteiger partial charge in [-0.3, -0.25) is 9.59 Å². The second-order valence-electron chi connectivity index (χ2n) is 6.37. The lowest BCUT2D eigenvalue weighted by atomic mass is 10.0. The van der Waals surface area contributed by atoms with E-state index >= 15 is 0 Å². The Hall–Kier alpha value is -1.38. The molecular weight excluding hydrogens is 300 g/mol. The van der Waals surface area contributed by atoms with Crippen LogP contribution in [0.1, 0.15) is 90.4 Å². The molecule has 0 rings (SSSR count). The number of ketones is 1. The highest BCUT2D eigenvalue weighted by atomic mass is 16.5. The summed E-state index contributed by atoms with van der Waals surface area (Å²) in [4.78, 5) is 22.2. The molecule has 0 N–H and O–H groups in total. The smallest absolute Gasteiger partial charge is 0.302 e. The first-order valence-electron chi connectivity index (χ1n) is 9.59. The summed E-state index contributed by atoms with van der Waals surface area (Å²) < 4.78 is 4.82. The predicted octanol–water partition coefficient (Wildman–Crippen LogP) is 5.93. The van der Waals surface area contributed by atoms with Gasteiger partial charge in [-0.2, -0.15) is 0 Å². The molecule has 0 aliphatic carbocycles. The zero-order chi connectivity index (χ0) is 17.9. The average molecular weight is 337 g/mol. The molecule has 3 heteroatoms. The summed E-state index contributed by atoms with van der Waals surface area (Å²) in [5.41, 5.74) is 0. The molecule has 0 spiro atoms. The first-order valence-corrected chi connectivity index (χ1v) is 9.59. The molecule has 0 aromatic rings. The van der Waals surface area contributed by atoms with Crippen LogP contribution in [0.4, 0.5) is 0 Å². The number of hydrogen-bond acceptors (Lipinski definition) is 3. The largest absolute Gasteiger partial charge is 0.466 e. The molecule has 0 saturated heterocycles. The van der Waals surface area contributed by atoms with E-state index in [2.05, 4.69) is 12.7 Å². The molecule has 0 unspecified atom stereocenters. The van der Waals surface area contributed by atoms with Gasteiger partial charge in [0.1, 0.15) is 5.78 Å². The number of esters is 1. The van der Waals surface area contributed by atoms with Crippen LogP contribution in [0.5, 0.6) is 0 Å². The third-order valence-corrected chi connectivity index (χ3v) is 4.00. The molecule has 0 aliphatic rings. The van der Waals surface area contributed by atoms with Gasteiger partial charge in [0.25, 0.3) is 0 Å². The van der Waals surface area contributed by atoms with Crippen LogP contribution in [0.2, 0.25) is 0 Å². The number of allylic oxidation sites excluding steroid dienone is 3. The summed E-state index contributed by atoms with van der Waals surface area (Å²) in [6.45, 7) is 5.42. The Labute approximate surface area is 148 Å². The van der Waals surface area contributed by atoms with Crippen molar-refractivity contribution < 1.29 is 14.3 Å². The van der Waals surface area contributed by atoms with Crippen LogP contribution < -0.4 is 0 Å². The Morgan fingerprint density at radius 2 is 1.38 bits per heavy atom. The highest BCUT2D eigenvalue weighted by molar-refractivity contribution is 5.78. The minimum atomic E-state index is -0.271. The van der Waals surface area contributed by atoms with Gasteiger partial charge < -0.3 is 4.74 Å². The molecule has 24 heavy (non-hydrogen) atoms. The number of Topliss-reactive ketones (excluding diaryl/α,β-unsaturated/α-hetero) is 1.